The Morgan fingerprint density at radius 1 is 1.13 bits per heavy atom. The van der Waals surface area contributed by atoms with Crippen LogP contribution in [0.15, 0.2) is 43.1 Å². The zero-order valence-corrected chi connectivity index (χ0v) is 29.5. The van der Waals surface area contributed by atoms with Gasteiger partial charge >= 0.3 is 6.03 Å². The molecule has 1 aromatic carbocycles. The van der Waals surface area contributed by atoms with Crippen LogP contribution in [-0.4, -0.2) is 95.8 Å². The van der Waals surface area contributed by atoms with Crippen LogP contribution in [0.4, 0.5) is 13.6 Å². The normalized spacial score (nSPS) is 22.7. The minimum Gasteiger partial charge on any atom is -0.400 e. The van der Waals surface area contributed by atoms with Crippen LogP contribution in [-0.2, 0) is 16.0 Å². The highest BCUT2D eigenvalue weighted by atomic mass is 19.3. The lowest BCUT2D eigenvalue weighted by molar-refractivity contribution is -0.125. The van der Waals surface area contributed by atoms with Gasteiger partial charge in [-0.1, -0.05) is 57.7 Å². The second-order valence-electron chi connectivity index (χ2n) is 12.9. The van der Waals surface area contributed by atoms with Crippen LogP contribution in [0.3, 0.4) is 0 Å². The molecule has 3 fully saturated rings. The number of amides is 3. The minimum absolute atomic E-state index is 0.0522. The summed E-state index contributed by atoms with van der Waals surface area (Å²) in [5.41, 5.74) is 6.31. The van der Waals surface area contributed by atoms with Gasteiger partial charge < -0.3 is 30.3 Å². The first-order chi connectivity index (χ1) is 21.9. The number of rotatable bonds is 12. The summed E-state index contributed by atoms with van der Waals surface area (Å²) >= 11 is 0. The number of aryl methyl sites for hydroxylation is 1. The summed E-state index contributed by atoms with van der Waals surface area (Å²) in [6, 6.07) is 11.6. The van der Waals surface area contributed by atoms with Crippen molar-refractivity contribution in [3.63, 3.8) is 0 Å². The van der Waals surface area contributed by atoms with Gasteiger partial charge in [-0.2, -0.15) is 0 Å². The number of hydrogen-bond donors (Lipinski definition) is 2. The van der Waals surface area contributed by atoms with Crippen molar-refractivity contribution in [2.24, 2.45) is 17.6 Å². The maximum atomic E-state index is 13.3. The van der Waals surface area contributed by atoms with Crippen molar-refractivity contribution in [3.8, 4) is 0 Å². The van der Waals surface area contributed by atoms with Crippen LogP contribution in [0.1, 0.15) is 91.5 Å². The molecule has 4 rings (SSSR count). The van der Waals surface area contributed by atoms with Crippen molar-refractivity contribution in [2.45, 2.75) is 116 Å². The number of ether oxygens (including phenoxy) is 1. The fourth-order valence-electron chi connectivity index (χ4n) is 7.06. The zero-order chi connectivity index (χ0) is 34.9. The lowest BCUT2D eigenvalue weighted by Crippen LogP contribution is -2.50. The first-order valence-corrected chi connectivity index (χ1v) is 17.0. The number of carbonyl (C=O) groups excluding carboxylic acids is 2. The highest BCUT2D eigenvalue weighted by Gasteiger charge is 2.54. The molecule has 0 radical (unpaired) electrons. The van der Waals surface area contributed by atoms with E-state index in [-0.39, 0.29) is 49.2 Å². The summed E-state index contributed by atoms with van der Waals surface area (Å²) in [7, 11) is 2.73. The molecule has 1 aliphatic heterocycles. The zero-order valence-electron chi connectivity index (χ0n) is 29.5. The van der Waals surface area contributed by atoms with E-state index in [2.05, 4.69) is 72.4 Å². The highest BCUT2D eigenvalue weighted by Crippen LogP contribution is 2.44. The molecule has 2 aliphatic carbocycles. The van der Waals surface area contributed by atoms with Gasteiger partial charge in [0.1, 0.15) is 0 Å². The van der Waals surface area contributed by atoms with E-state index in [4.69, 9.17) is 15.6 Å². The molecular formula is C36H62F2N4O4. The molecule has 3 atom stereocenters. The summed E-state index contributed by atoms with van der Waals surface area (Å²) in [6.07, 6.45) is 7.53. The predicted molar refractivity (Wildman–Crippen MR) is 183 cm³/mol. The number of nitrogens with two attached hydrogens (primary N) is 1. The van der Waals surface area contributed by atoms with Crippen LogP contribution in [0.25, 0.3) is 0 Å². The minimum atomic E-state index is -2.56. The van der Waals surface area contributed by atoms with Crippen LogP contribution >= 0.6 is 0 Å². The average molecular weight is 653 g/mol. The van der Waals surface area contributed by atoms with Crippen LogP contribution in [0, 0.1) is 11.8 Å². The smallest absolute Gasteiger partial charge is 0.320 e. The van der Waals surface area contributed by atoms with Gasteiger partial charge in [0.2, 0.25) is 11.8 Å². The van der Waals surface area contributed by atoms with Crippen molar-refractivity contribution in [1.29, 1.82) is 0 Å². The van der Waals surface area contributed by atoms with Crippen LogP contribution < -0.4 is 5.73 Å². The molecule has 8 nitrogen and oxygen atoms in total. The maximum absolute atomic E-state index is 13.3. The summed E-state index contributed by atoms with van der Waals surface area (Å²) in [5.74, 6) is -2.99. The Kier molecular flexibility index (Phi) is 18.4. The average Bonchev–Trinajstić information content (AvgIpc) is 3.57. The lowest BCUT2D eigenvalue weighted by Gasteiger charge is -2.37. The van der Waals surface area contributed by atoms with E-state index in [0.717, 1.165) is 58.8 Å². The summed E-state index contributed by atoms with van der Waals surface area (Å²) in [6.45, 7) is 17.9. The van der Waals surface area contributed by atoms with Crippen molar-refractivity contribution < 1.29 is 28.2 Å². The molecule has 3 aliphatic rings. The fourth-order valence-corrected chi connectivity index (χ4v) is 7.06. The molecule has 1 spiro atoms. The number of halogens is 2. The molecular weight excluding hydrogens is 590 g/mol. The second kappa shape index (κ2) is 20.5. The molecule has 3 N–H and O–H groups in total. The molecule has 10 heteroatoms. The van der Waals surface area contributed by atoms with E-state index in [0.29, 0.717) is 18.6 Å². The molecule has 264 valence electrons. The van der Waals surface area contributed by atoms with Gasteiger partial charge in [0.15, 0.2) is 0 Å². The van der Waals surface area contributed by atoms with Crippen molar-refractivity contribution >= 4 is 11.9 Å². The van der Waals surface area contributed by atoms with Gasteiger partial charge in [-0.25, -0.2) is 13.6 Å². The number of carbonyl (C=O) groups is 2. The topological polar surface area (TPSA) is 99.3 Å². The monoisotopic (exact) mass is 652 g/mol. The molecule has 1 aromatic rings. The van der Waals surface area contributed by atoms with Crippen LogP contribution in [0.2, 0.25) is 0 Å². The molecule has 2 saturated carbocycles. The lowest BCUT2D eigenvalue weighted by atomic mass is 9.86. The van der Waals surface area contributed by atoms with E-state index < -0.39 is 11.8 Å². The quantitative estimate of drug-likeness (QED) is 0.261. The second-order valence-corrected chi connectivity index (χ2v) is 12.9. The summed E-state index contributed by atoms with van der Waals surface area (Å²) < 4.78 is 30.3. The van der Waals surface area contributed by atoms with E-state index in [1.807, 2.05) is 20.0 Å². The van der Waals surface area contributed by atoms with Gasteiger partial charge in [-0.3, -0.25) is 4.79 Å². The van der Waals surface area contributed by atoms with Crippen molar-refractivity contribution in [2.75, 3.05) is 40.5 Å². The Bertz CT molecular complexity index is 1020. The molecule has 0 bridgehead atoms. The molecule has 1 saturated heterocycles. The Labute approximate surface area is 277 Å². The fraction of sp³-hybridized carbons (Fsp3) is 0.722. The largest absolute Gasteiger partial charge is 0.400 e. The van der Waals surface area contributed by atoms with Gasteiger partial charge in [-0.05, 0) is 76.5 Å². The Morgan fingerprint density at radius 2 is 1.74 bits per heavy atom. The number of aliphatic hydroxyl groups is 1. The highest BCUT2D eigenvalue weighted by molar-refractivity contribution is 5.79. The number of aliphatic hydroxyl groups excluding tert-OH is 1. The van der Waals surface area contributed by atoms with E-state index in [9.17, 15) is 18.4 Å². The summed E-state index contributed by atoms with van der Waals surface area (Å²) in [4.78, 5) is 30.5. The SMILES string of the molecule is C=CN(CCCc1ccccc1)C1CCC2(C1)CN(CC(C)COC)C(=O)N2C(C)C.CC.CO.NC(=O)C1CCC(F)(F)CC1. The Morgan fingerprint density at radius 3 is 2.26 bits per heavy atom. The van der Waals surface area contributed by atoms with Crippen molar-refractivity contribution in [3.05, 3.63) is 48.7 Å². The Balaban J connectivity index is 0.000000589. The molecule has 3 unspecified atom stereocenters. The molecule has 1 heterocycles. The van der Waals surface area contributed by atoms with Crippen LogP contribution in [0.5, 0.6) is 0 Å². The summed E-state index contributed by atoms with van der Waals surface area (Å²) in [5, 5.41) is 7.00. The van der Waals surface area contributed by atoms with E-state index in [1.165, 1.54) is 5.56 Å². The maximum Gasteiger partial charge on any atom is 0.320 e. The number of urea groups is 1. The van der Waals surface area contributed by atoms with Gasteiger partial charge in [0, 0.05) is 64.7 Å². The van der Waals surface area contributed by atoms with E-state index in [1.54, 1.807) is 7.11 Å². The number of nitrogens with zero attached hydrogens (tertiary/aromatic N) is 3. The number of hydrogen-bond acceptors (Lipinski definition) is 5. The number of primary amides is 1. The first kappa shape index (κ1) is 41.3. The molecule has 46 heavy (non-hydrogen) atoms. The van der Waals surface area contributed by atoms with Gasteiger partial charge in [0.25, 0.3) is 0 Å². The predicted octanol–water partition coefficient (Wildman–Crippen LogP) is 6.72. The number of benzene rings is 1. The molecule has 0 aromatic heterocycles. The first-order valence-electron chi connectivity index (χ1n) is 17.0. The molecule has 3 amide bonds. The third kappa shape index (κ3) is 12.1. The Hall–Kier alpha value is -2.72. The third-order valence-electron chi connectivity index (χ3n) is 9.08. The third-order valence-corrected chi connectivity index (χ3v) is 9.08. The van der Waals surface area contributed by atoms with Crippen molar-refractivity contribution in [1.82, 2.24) is 14.7 Å². The number of methoxy groups -OCH3 is 1. The number of alkyl halides is 2. The van der Waals surface area contributed by atoms with Gasteiger partial charge in [0.05, 0.1) is 12.1 Å². The standard InChI is InChI=1S/C26H41N3O2.C7H11F2NO.C2H6.CH4O/c1-6-27(16-10-13-23-11-8-7-9-12-23)24-14-15-26(17-24)20-28(18-22(4)19-31-5)25(30)29(26)21(2)3;8-7(9)3-1-5(2-4-7)6(10)11;2*1-2/h6-9,11-12,21-22,24H,1,10,13-20H2,2-5H3;5H,1-4H2,(H2,10,11);1-2H3;2H,1H3. The van der Waals surface area contributed by atoms with E-state index >= 15 is 0 Å². The van der Waals surface area contributed by atoms with Gasteiger partial charge in [-0.15, -0.1) is 0 Å².